The molecule has 3 fully saturated rings. The maximum atomic E-state index is 15.8. The Morgan fingerprint density at radius 2 is 2.06 bits per heavy atom. The van der Waals surface area contributed by atoms with E-state index >= 15 is 4.39 Å². The molecule has 4 atom stereocenters. The van der Waals surface area contributed by atoms with Crippen LogP contribution in [-0.4, -0.2) is 69.8 Å². The summed E-state index contributed by atoms with van der Waals surface area (Å²) in [5.74, 6) is 0.667. The standard InChI is InChI=1S/C23H28FN9O/c1-22-8-9-23(2,30-22)19(24)16(11-22)33(14-5-6-14)18-12-25-21(27-26-18)15-7-4-13(10-17(15)34)20-28-31-32(3)29-20/h4,7,10,12,14,16,19,30,34H,5-6,8-9,11H2,1-3H3/t16-,19-,22-,23+/m1/s1/i3D3. The van der Waals surface area contributed by atoms with Crippen molar-refractivity contribution in [2.45, 2.75) is 75.3 Å². The van der Waals surface area contributed by atoms with Gasteiger partial charge in [-0.1, -0.05) is 6.07 Å². The topological polar surface area (TPSA) is 118 Å². The summed E-state index contributed by atoms with van der Waals surface area (Å²) in [7, 11) is 0. The van der Waals surface area contributed by atoms with Gasteiger partial charge in [-0.2, -0.15) is 4.80 Å². The van der Waals surface area contributed by atoms with Crippen LogP contribution >= 0.6 is 0 Å². The van der Waals surface area contributed by atoms with Gasteiger partial charge in [0.05, 0.1) is 24.8 Å². The molecule has 2 aromatic heterocycles. The van der Waals surface area contributed by atoms with E-state index in [0.29, 0.717) is 28.2 Å². The zero-order chi connectivity index (χ0) is 26.2. The van der Waals surface area contributed by atoms with E-state index in [4.69, 9.17) is 4.11 Å². The molecule has 3 aliphatic rings. The van der Waals surface area contributed by atoms with Crippen molar-refractivity contribution in [2.24, 2.45) is 6.98 Å². The third-order valence-electron chi connectivity index (χ3n) is 7.41. The molecule has 2 N–H and O–H groups in total. The first-order valence-corrected chi connectivity index (χ1v) is 11.5. The summed E-state index contributed by atoms with van der Waals surface area (Å²) < 4.78 is 37.9. The van der Waals surface area contributed by atoms with E-state index in [1.807, 2.05) is 6.92 Å². The van der Waals surface area contributed by atoms with Crippen molar-refractivity contribution in [2.75, 3.05) is 4.90 Å². The normalized spacial score (nSPS) is 32.1. The van der Waals surface area contributed by atoms with Crippen molar-refractivity contribution in [3.05, 3.63) is 24.4 Å². The molecule has 4 heterocycles. The van der Waals surface area contributed by atoms with E-state index in [-0.39, 0.29) is 35.0 Å². The molecule has 2 bridgehead atoms. The van der Waals surface area contributed by atoms with Crippen LogP contribution in [0.4, 0.5) is 10.2 Å². The number of halogens is 1. The molecular weight excluding hydrogens is 437 g/mol. The average Bonchev–Trinajstić information content (AvgIpc) is 3.45. The van der Waals surface area contributed by atoms with Crippen LogP contribution in [0.3, 0.4) is 0 Å². The molecular formula is C23H28FN9O. The Bertz CT molecular complexity index is 1330. The fourth-order valence-corrected chi connectivity index (χ4v) is 5.62. The second kappa shape index (κ2) is 7.39. The third kappa shape index (κ3) is 3.49. The minimum Gasteiger partial charge on any atom is -0.507 e. The molecule has 0 amide bonds. The van der Waals surface area contributed by atoms with Crippen LogP contribution in [-0.2, 0) is 6.98 Å². The van der Waals surface area contributed by atoms with Crippen LogP contribution in [0, 0.1) is 0 Å². The highest BCUT2D eigenvalue weighted by Crippen LogP contribution is 2.47. The number of benzene rings is 1. The number of piperidine rings is 1. The maximum absolute atomic E-state index is 15.8. The van der Waals surface area contributed by atoms with E-state index in [1.54, 1.807) is 18.3 Å². The first kappa shape index (κ1) is 18.2. The number of aromatic hydroxyl groups is 1. The number of hydrogen-bond donors (Lipinski definition) is 2. The largest absolute Gasteiger partial charge is 0.507 e. The van der Waals surface area contributed by atoms with Gasteiger partial charge in [-0.25, -0.2) is 9.37 Å². The Labute approximate surface area is 200 Å². The number of nitrogens with zero attached hydrogens (tertiary/aromatic N) is 8. The Morgan fingerprint density at radius 1 is 1.21 bits per heavy atom. The fraction of sp³-hybridized carbons (Fsp3) is 0.565. The Balaban J connectivity index is 1.26. The average molecular weight is 469 g/mol. The van der Waals surface area contributed by atoms with Gasteiger partial charge in [-0.05, 0) is 63.3 Å². The van der Waals surface area contributed by atoms with E-state index in [2.05, 4.69) is 47.7 Å². The summed E-state index contributed by atoms with van der Waals surface area (Å²) in [4.78, 5) is 7.06. The summed E-state index contributed by atoms with van der Waals surface area (Å²) in [6.07, 6.45) is 4.95. The van der Waals surface area contributed by atoms with Gasteiger partial charge in [-0.3, -0.25) is 0 Å². The van der Waals surface area contributed by atoms with Crippen LogP contribution in [0.25, 0.3) is 22.8 Å². The molecule has 2 aliphatic heterocycles. The lowest BCUT2D eigenvalue weighted by atomic mass is 9.82. The predicted octanol–water partition coefficient (Wildman–Crippen LogP) is 2.41. The zero-order valence-electron chi connectivity index (χ0n) is 22.0. The fourth-order valence-electron chi connectivity index (χ4n) is 5.62. The number of fused-ring (bicyclic) bond motifs is 2. The van der Waals surface area contributed by atoms with Crippen molar-refractivity contribution in [3.8, 4) is 28.5 Å². The lowest BCUT2D eigenvalue weighted by Gasteiger charge is -2.48. The van der Waals surface area contributed by atoms with Gasteiger partial charge in [0.1, 0.15) is 11.9 Å². The van der Waals surface area contributed by atoms with Crippen LogP contribution in [0.1, 0.15) is 50.1 Å². The minimum absolute atomic E-state index is 0.0616. The predicted molar refractivity (Wildman–Crippen MR) is 123 cm³/mol. The summed E-state index contributed by atoms with van der Waals surface area (Å²) in [5, 5.41) is 34.0. The number of tetrazole rings is 1. The number of aryl methyl sites for hydroxylation is 1. The summed E-state index contributed by atoms with van der Waals surface area (Å²) in [6.45, 7) is 1.59. The van der Waals surface area contributed by atoms with Crippen molar-refractivity contribution >= 4 is 5.82 Å². The lowest BCUT2D eigenvalue weighted by Crippen LogP contribution is -2.66. The highest BCUT2D eigenvalue weighted by atomic mass is 19.1. The van der Waals surface area contributed by atoms with Crippen molar-refractivity contribution in [1.82, 2.24) is 40.7 Å². The number of phenolic OH excluding ortho intramolecular Hbond substituents is 1. The van der Waals surface area contributed by atoms with Crippen LogP contribution in [0.5, 0.6) is 5.75 Å². The molecule has 11 heteroatoms. The van der Waals surface area contributed by atoms with E-state index in [0.717, 1.165) is 25.7 Å². The molecule has 6 rings (SSSR count). The second-order valence-corrected chi connectivity index (χ2v) is 10.2. The van der Waals surface area contributed by atoms with Crippen molar-refractivity contribution in [3.63, 3.8) is 0 Å². The summed E-state index contributed by atoms with van der Waals surface area (Å²) in [5.41, 5.74) is 0.0702. The number of hydrogen-bond acceptors (Lipinski definition) is 9. The van der Waals surface area contributed by atoms with Crippen molar-refractivity contribution in [1.29, 1.82) is 0 Å². The first-order chi connectivity index (χ1) is 17.5. The Hall–Kier alpha value is -3.21. The third-order valence-corrected chi connectivity index (χ3v) is 7.41. The molecule has 1 saturated carbocycles. The SMILES string of the molecule is [2H]C([2H])([2H])n1nnc(-c2ccc(-c3ncc(N(C4CC4)[C@@H]4C[C@@]5(C)CC[C@](C)(N5)[C@@H]4F)nn3)c(O)c2)n1. The molecule has 34 heavy (non-hydrogen) atoms. The van der Waals surface area contributed by atoms with Gasteiger partial charge in [0.25, 0.3) is 0 Å². The molecule has 1 aliphatic carbocycles. The highest BCUT2D eigenvalue weighted by Gasteiger charge is 2.58. The molecule has 3 aromatic rings. The zero-order valence-corrected chi connectivity index (χ0v) is 19.0. The van der Waals surface area contributed by atoms with Gasteiger partial charge in [0.15, 0.2) is 11.6 Å². The summed E-state index contributed by atoms with van der Waals surface area (Å²) in [6, 6.07) is 4.50. The minimum atomic E-state index is -2.55. The quantitative estimate of drug-likeness (QED) is 0.582. The smallest absolute Gasteiger partial charge is 0.205 e. The number of nitrogens with one attached hydrogen (secondary N) is 1. The van der Waals surface area contributed by atoms with Gasteiger partial charge in [0, 0.05) is 26.8 Å². The molecule has 10 nitrogen and oxygen atoms in total. The van der Waals surface area contributed by atoms with Gasteiger partial charge >= 0.3 is 0 Å². The first-order valence-electron chi connectivity index (χ1n) is 13.0. The number of aromatic nitrogens is 7. The van der Waals surface area contributed by atoms with Crippen LogP contribution in [0.2, 0.25) is 0 Å². The van der Waals surface area contributed by atoms with Gasteiger partial charge < -0.3 is 15.3 Å². The summed E-state index contributed by atoms with van der Waals surface area (Å²) >= 11 is 0. The highest BCUT2D eigenvalue weighted by molar-refractivity contribution is 5.70. The second-order valence-electron chi connectivity index (χ2n) is 10.2. The molecule has 178 valence electrons. The Kier molecular flexibility index (Phi) is 3.95. The van der Waals surface area contributed by atoms with Gasteiger partial charge in [0.2, 0.25) is 5.82 Å². The number of rotatable bonds is 5. The number of alkyl halides is 1. The molecule has 0 unspecified atom stereocenters. The van der Waals surface area contributed by atoms with Crippen LogP contribution in [0.15, 0.2) is 24.4 Å². The van der Waals surface area contributed by atoms with Crippen molar-refractivity contribution < 1.29 is 13.6 Å². The van der Waals surface area contributed by atoms with E-state index in [1.165, 1.54) is 6.07 Å². The van der Waals surface area contributed by atoms with Crippen LogP contribution < -0.4 is 10.2 Å². The van der Waals surface area contributed by atoms with Gasteiger partial charge in [-0.15, -0.1) is 20.4 Å². The monoisotopic (exact) mass is 468 g/mol. The number of anilines is 1. The number of phenols is 1. The molecule has 1 aromatic carbocycles. The molecule has 2 saturated heterocycles. The van der Waals surface area contributed by atoms with E-state index in [9.17, 15) is 5.11 Å². The maximum Gasteiger partial charge on any atom is 0.205 e. The molecule has 0 radical (unpaired) electrons. The molecule has 0 spiro atoms. The lowest BCUT2D eigenvalue weighted by molar-refractivity contribution is 0.0831. The Morgan fingerprint density at radius 3 is 2.74 bits per heavy atom. The van der Waals surface area contributed by atoms with E-state index < -0.39 is 18.7 Å².